The summed E-state index contributed by atoms with van der Waals surface area (Å²) >= 11 is 0. The van der Waals surface area contributed by atoms with E-state index in [1.807, 2.05) is 37.6 Å². The standard InChI is InChI=1S/C25H31FN4O/c1-24(2,3)17-30-9-7-25(26,8-10-30)23(31)13-22-12-20-11-18(5-6-19(20)14-27-22)21-15-28-29(4)16-21/h5-6,11-12,14-16H,7-10,13,17H2,1-4H3. The molecule has 0 bridgehead atoms. The van der Waals surface area contributed by atoms with E-state index in [2.05, 4.69) is 41.8 Å². The van der Waals surface area contributed by atoms with Crippen molar-refractivity contribution in [3.8, 4) is 11.1 Å². The summed E-state index contributed by atoms with van der Waals surface area (Å²) in [6, 6.07) is 8.02. The summed E-state index contributed by atoms with van der Waals surface area (Å²) in [5.74, 6) is -0.349. The molecule has 0 N–H and O–H groups in total. The van der Waals surface area contributed by atoms with E-state index in [0.717, 1.165) is 28.4 Å². The summed E-state index contributed by atoms with van der Waals surface area (Å²) in [7, 11) is 1.89. The van der Waals surface area contributed by atoms with Crippen LogP contribution in [0.1, 0.15) is 39.3 Å². The second-order valence-electron chi connectivity index (χ2n) is 10.0. The molecule has 1 aromatic carbocycles. The summed E-state index contributed by atoms with van der Waals surface area (Å²) in [5.41, 5.74) is 1.13. The molecule has 0 unspecified atom stereocenters. The quantitative estimate of drug-likeness (QED) is 0.603. The van der Waals surface area contributed by atoms with Gasteiger partial charge in [0.2, 0.25) is 0 Å². The topological polar surface area (TPSA) is 51.0 Å². The Balaban J connectivity index is 1.47. The molecule has 5 nitrogen and oxygen atoms in total. The van der Waals surface area contributed by atoms with Crippen LogP contribution in [0.3, 0.4) is 0 Å². The zero-order chi connectivity index (χ0) is 22.2. The fourth-order valence-electron chi connectivity index (χ4n) is 4.37. The first-order chi connectivity index (χ1) is 14.6. The van der Waals surface area contributed by atoms with Gasteiger partial charge in [0.15, 0.2) is 11.5 Å². The minimum Gasteiger partial charge on any atom is -0.303 e. The Morgan fingerprint density at radius 2 is 1.84 bits per heavy atom. The van der Waals surface area contributed by atoms with Gasteiger partial charge in [-0.1, -0.05) is 32.9 Å². The Morgan fingerprint density at radius 3 is 2.48 bits per heavy atom. The van der Waals surface area contributed by atoms with E-state index in [0.29, 0.717) is 18.8 Å². The van der Waals surface area contributed by atoms with Crippen molar-refractivity contribution in [3.63, 3.8) is 0 Å². The SMILES string of the molecule is Cn1cc(-c2ccc3cnc(CC(=O)C4(F)CCN(CC(C)(C)C)CC4)cc3c2)cn1. The Hall–Kier alpha value is -2.60. The number of Topliss-reactive ketones (excluding diaryl/α,β-unsaturated/α-hetero) is 1. The maximum absolute atomic E-state index is 15.4. The van der Waals surface area contributed by atoms with Gasteiger partial charge >= 0.3 is 0 Å². The maximum Gasteiger partial charge on any atom is 0.175 e. The van der Waals surface area contributed by atoms with E-state index in [1.165, 1.54) is 0 Å². The van der Waals surface area contributed by atoms with E-state index in [1.54, 1.807) is 10.9 Å². The molecule has 31 heavy (non-hydrogen) atoms. The monoisotopic (exact) mass is 422 g/mol. The van der Waals surface area contributed by atoms with Gasteiger partial charge in [0.1, 0.15) is 0 Å². The van der Waals surface area contributed by atoms with Gasteiger partial charge in [0, 0.05) is 68.6 Å². The number of benzene rings is 1. The highest BCUT2D eigenvalue weighted by Crippen LogP contribution is 2.31. The van der Waals surface area contributed by atoms with Crippen LogP contribution in [0.5, 0.6) is 0 Å². The van der Waals surface area contributed by atoms with E-state index in [-0.39, 0.29) is 30.5 Å². The summed E-state index contributed by atoms with van der Waals surface area (Å²) in [4.78, 5) is 19.6. The van der Waals surface area contributed by atoms with Crippen molar-refractivity contribution in [2.45, 2.75) is 45.7 Å². The number of ketones is 1. The van der Waals surface area contributed by atoms with E-state index >= 15 is 4.39 Å². The van der Waals surface area contributed by atoms with Gasteiger partial charge < -0.3 is 4.90 Å². The lowest BCUT2D eigenvalue weighted by molar-refractivity contribution is -0.133. The lowest BCUT2D eigenvalue weighted by Crippen LogP contribution is -2.48. The summed E-state index contributed by atoms with van der Waals surface area (Å²) in [6.07, 6.45) is 6.11. The molecule has 6 heteroatoms. The highest BCUT2D eigenvalue weighted by atomic mass is 19.1. The van der Waals surface area contributed by atoms with Crippen molar-refractivity contribution < 1.29 is 9.18 Å². The second kappa shape index (κ2) is 8.15. The minimum absolute atomic E-state index is 0.0306. The maximum atomic E-state index is 15.4. The zero-order valence-electron chi connectivity index (χ0n) is 18.9. The number of piperidine rings is 1. The number of nitrogens with zero attached hydrogens (tertiary/aromatic N) is 4. The molecule has 0 amide bonds. The van der Waals surface area contributed by atoms with Gasteiger partial charge in [-0.25, -0.2) is 4.39 Å². The van der Waals surface area contributed by atoms with Gasteiger partial charge in [-0.05, 0) is 28.5 Å². The van der Waals surface area contributed by atoms with Crippen LogP contribution in [-0.2, 0) is 18.3 Å². The van der Waals surface area contributed by atoms with Crippen molar-refractivity contribution >= 4 is 16.6 Å². The van der Waals surface area contributed by atoms with Gasteiger partial charge in [0.25, 0.3) is 0 Å². The number of aromatic nitrogens is 3. The van der Waals surface area contributed by atoms with E-state index in [4.69, 9.17) is 0 Å². The molecular weight excluding hydrogens is 391 g/mol. The van der Waals surface area contributed by atoms with E-state index in [9.17, 15) is 4.79 Å². The highest BCUT2D eigenvalue weighted by molar-refractivity contribution is 5.91. The van der Waals surface area contributed by atoms with Crippen LogP contribution in [-0.4, -0.2) is 50.8 Å². The Bertz CT molecular complexity index is 1090. The molecule has 164 valence electrons. The molecule has 0 atom stereocenters. The Kier molecular flexibility index (Phi) is 5.69. The molecule has 2 aromatic heterocycles. The largest absolute Gasteiger partial charge is 0.303 e. The molecule has 1 aliphatic heterocycles. The molecule has 0 radical (unpaired) electrons. The highest BCUT2D eigenvalue weighted by Gasteiger charge is 2.41. The average Bonchev–Trinajstić information content (AvgIpc) is 3.14. The number of rotatable bonds is 5. The molecule has 1 saturated heterocycles. The zero-order valence-corrected chi connectivity index (χ0v) is 18.9. The van der Waals surface area contributed by atoms with Crippen LogP contribution in [0.15, 0.2) is 42.9 Å². The first kappa shape index (κ1) is 21.6. The van der Waals surface area contributed by atoms with Crippen molar-refractivity contribution in [1.29, 1.82) is 0 Å². The number of hydrogen-bond acceptors (Lipinski definition) is 4. The van der Waals surface area contributed by atoms with Crippen molar-refractivity contribution in [3.05, 3.63) is 48.5 Å². The molecule has 0 aliphatic carbocycles. The number of alkyl halides is 1. The van der Waals surface area contributed by atoms with Gasteiger partial charge in [-0.15, -0.1) is 0 Å². The van der Waals surface area contributed by atoms with Gasteiger partial charge in [-0.3, -0.25) is 14.5 Å². The van der Waals surface area contributed by atoms with Crippen molar-refractivity contribution in [1.82, 2.24) is 19.7 Å². The van der Waals surface area contributed by atoms with Crippen LogP contribution in [0, 0.1) is 5.41 Å². The predicted molar refractivity (Wildman–Crippen MR) is 122 cm³/mol. The molecule has 0 saturated carbocycles. The van der Waals surface area contributed by atoms with Crippen LogP contribution < -0.4 is 0 Å². The van der Waals surface area contributed by atoms with Crippen LogP contribution in [0.4, 0.5) is 4.39 Å². The molecular formula is C25H31FN4O. The molecule has 1 aliphatic rings. The summed E-state index contributed by atoms with van der Waals surface area (Å²) in [5, 5.41) is 6.22. The number of fused-ring (bicyclic) bond motifs is 1. The molecule has 1 fully saturated rings. The number of likely N-dealkylation sites (tertiary alicyclic amines) is 1. The number of aryl methyl sites for hydroxylation is 1. The molecule has 0 spiro atoms. The van der Waals surface area contributed by atoms with Crippen LogP contribution in [0.25, 0.3) is 21.9 Å². The van der Waals surface area contributed by atoms with Crippen molar-refractivity contribution in [2.75, 3.05) is 19.6 Å². The molecule has 4 rings (SSSR count). The third-order valence-electron chi connectivity index (χ3n) is 6.00. The summed E-state index contributed by atoms with van der Waals surface area (Å²) in [6.45, 7) is 8.71. The third kappa shape index (κ3) is 5.01. The second-order valence-corrected chi connectivity index (χ2v) is 10.0. The smallest absolute Gasteiger partial charge is 0.175 e. The fourth-order valence-corrected chi connectivity index (χ4v) is 4.37. The van der Waals surface area contributed by atoms with Gasteiger partial charge in [0.05, 0.1) is 12.6 Å². The Labute approximate surface area is 183 Å². The average molecular weight is 423 g/mol. The molecule has 3 heterocycles. The van der Waals surface area contributed by atoms with Crippen LogP contribution in [0.2, 0.25) is 0 Å². The number of pyridine rings is 1. The first-order valence-corrected chi connectivity index (χ1v) is 10.9. The van der Waals surface area contributed by atoms with E-state index < -0.39 is 5.67 Å². The third-order valence-corrected chi connectivity index (χ3v) is 6.00. The summed E-state index contributed by atoms with van der Waals surface area (Å²) < 4.78 is 17.2. The lowest BCUT2D eigenvalue weighted by atomic mass is 9.85. The normalized spacial score (nSPS) is 17.2. The number of halogens is 1. The van der Waals surface area contributed by atoms with Crippen LogP contribution >= 0.6 is 0 Å². The first-order valence-electron chi connectivity index (χ1n) is 10.9. The number of carbonyl (C=O) groups excluding carboxylic acids is 1. The molecule has 3 aromatic rings. The van der Waals surface area contributed by atoms with Gasteiger partial charge in [-0.2, -0.15) is 5.10 Å². The number of hydrogen-bond donors (Lipinski definition) is 0. The lowest BCUT2D eigenvalue weighted by Gasteiger charge is -2.38. The predicted octanol–water partition coefficient (Wildman–Crippen LogP) is 4.60. The van der Waals surface area contributed by atoms with Crippen molar-refractivity contribution in [2.24, 2.45) is 12.5 Å². The number of carbonyl (C=O) groups is 1. The fraction of sp³-hybridized carbons (Fsp3) is 0.480. The minimum atomic E-state index is -1.75. The Morgan fingerprint density at radius 1 is 1.10 bits per heavy atom.